The van der Waals surface area contributed by atoms with Crippen molar-refractivity contribution in [2.45, 2.75) is 77.5 Å². The molecule has 0 saturated heterocycles. The minimum Gasteiger partial charge on any atom is -0.481 e. The van der Waals surface area contributed by atoms with Gasteiger partial charge in [0.2, 0.25) is 17.7 Å². The molecule has 0 aromatic rings. The molecule has 0 heterocycles. The highest BCUT2D eigenvalue weighted by Crippen LogP contribution is 2.07. The summed E-state index contributed by atoms with van der Waals surface area (Å²) in [6.07, 6.45) is 0.963. The van der Waals surface area contributed by atoms with E-state index in [1.54, 1.807) is 27.7 Å². The fourth-order valence-corrected chi connectivity index (χ4v) is 2.85. The van der Waals surface area contributed by atoms with Crippen LogP contribution in [0.25, 0.3) is 0 Å². The van der Waals surface area contributed by atoms with E-state index in [0.717, 1.165) is 0 Å². The van der Waals surface area contributed by atoms with E-state index in [1.807, 2.05) is 0 Å². The van der Waals surface area contributed by atoms with Gasteiger partial charge in [0.05, 0.1) is 12.5 Å². The number of hydrogen-bond donors (Lipinski definition) is 7. The van der Waals surface area contributed by atoms with Gasteiger partial charge >= 0.3 is 11.9 Å². The third-order valence-corrected chi connectivity index (χ3v) is 4.80. The van der Waals surface area contributed by atoms with Crippen LogP contribution >= 0.6 is 0 Å². The van der Waals surface area contributed by atoms with Crippen molar-refractivity contribution in [3.63, 3.8) is 0 Å². The van der Waals surface area contributed by atoms with E-state index >= 15 is 0 Å². The average molecular weight is 460 g/mol. The predicted octanol–water partition coefficient (Wildman–Crippen LogP) is -1.23. The Morgan fingerprint density at radius 1 is 0.781 bits per heavy atom. The first-order valence-corrected chi connectivity index (χ1v) is 10.6. The van der Waals surface area contributed by atoms with E-state index in [2.05, 4.69) is 16.0 Å². The Bertz CT molecular complexity index is 669. The zero-order chi connectivity index (χ0) is 25.0. The van der Waals surface area contributed by atoms with E-state index in [4.69, 9.17) is 16.6 Å². The van der Waals surface area contributed by atoms with Crippen molar-refractivity contribution in [1.29, 1.82) is 0 Å². The highest BCUT2D eigenvalue weighted by molar-refractivity contribution is 5.95. The van der Waals surface area contributed by atoms with Gasteiger partial charge < -0.3 is 37.6 Å². The highest BCUT2D eigenvalue weighted by atomic mass is 16.4. The van der Waals surface area contributed by atoms with Crippen LogP contribution in [0.4, 0.5) is 0 Å². The molecule has 184 valence electrons. The molecule has 3 amide bonds. The molecule has 0 aliphatic carbocycles. The first kappa shape index (κ1) is 29.3. The first-order chi connectivity index (χ1) is 14.8. The van der Waals surface area contributed by atoms with Gasteiger partial charge in [0.15, 0.2) is 0 Å². The Hall–Kier alpha value is -2.73. The van der Waals surface area contributed by atoms with Crippen LogP contribution in [0.15, 0.2) is 0 Å². The molecule has 4 unspecified atom stereocenters. The fourth-order valence-electron chi connectivity index (χ4n) is 2.85. The number of unbranched alkanes of at least 4 members (excludes halogenated alkanes) is 1. The maximum atomic E-state index is 12.8. The molecule has 12 nitrogen and oxygen atoms in total. The van der Waals surface area contributed by atoms with E-state index in [-0.39, 0.29) is 0 Å². The topological polar surface area (TPSA) is 214 Å². The van der Waals surface area contributed by atoms with Gasteiger partial charge in [-0.1, -0.05) is 34.1 Å². The lowest BCUT2D eigenvalue weighted by molar-refractivity contribution is -0.144. The molecule has 32 heavy (non-hydrogen) atoms. The van der Waals surface area contributed by atoms with Gasteiger partial charge in [-0.25, -0.2) is 4.79 Å². The third kappa shape index (κ3) is 10.5. The summed E-state index contributed by atoms with van der Waals surface area (Å²) >= 11 is 0. The lowest BCUT2D eigenvalue weighted by Gasteiger charge is -2.27. The number of hydrogen-bond acceptors (Lipinski definition) is 7. The number of carboxylic acids is 2. The number of amides is 3. The van der Waals surface area contributed by atoms with Gasteiger partial charge in [0.25, 0.3) is 0 Å². The second-order valence-electron chi connectivity index (χ2n) is 8.35. The second-order valence-corrected chi connectivity index (χ2v) is 8.35. The first-order valence-electron chi connectivity index (χ1n) is 10.6. The number of carbonyl (C=O) groups excluding carboxylic acids is 3. The molecule has 0 aromatic heterocycles. The molecule has 4 atom stereocenters. The summed E-state index contributed by atoms with van der Waals surface area (Å²) in [5, 5.41) is 25.5. The van der Waals surface area contributed by atoms with Gasteiger partial charge in [0, 0.05) is 0 Å². The van der Waals surface area contributed by atoms with Gasteiger partial charge in [0.1, 0.15) is 18.1 Å². The number of carboxylic acid groups (broad SMARTS) is 2. The summed E-state index contributed by atoms with van der Waals surface area (Å²) in [5.41, 5.74) is 11.3. The van der Waals surface area contributed by atoms with Crippen LogP contribution in [-0.4, -0.2) is 70.6 Å². The summed E-state index contributed by atoms with van der Waals surface area (Å²) in [7, 11) is 0. The number of carbonyl (C=O) groups is 5. The van der Waals surface area contributed by atoms with Crippen molar-refractivity contribution in [3.05, 3.63) is 0 Å². The molecular weight excluding hydrogens is 422 g/mol. The molecule has 0 aliphatic heterocycles. The lowest BCUT2D eigenvalue weighted by atomic mass is 10.0. The smallest absolute Gasteiger partial charge is 0.326 e. The van der Waals surface area contributed by atoms with Crippen LogP contribution in [0.5, 0.6) is 0 Å². The molecule has 0 rings (SSSR count). The SMILES string of the molecule is CC(C)C(NC(=O)C(CC(=O)O)NC(=O)C(NC(=O)C(N)CCCCN)C(C)C)C(=O)O. The second kappa shape index (κ2) is 14.4. The molecule has 0 radical (unpaired) electrons. The largest absolute Gasteiger partial charge is 0.481 e. The van der Waals surface area contributed by atoms with Crippen LogP contribution < -0.4 is 27.4 Å². The monoisotopic (exact) mass is 459 g/mol. The van der Waals surface area contributed by atoms with Crippen molar-refractivity contribution >= 4 is 29.7 Å². The van der Waals surface area contributed by atoms with Crippen LogP contribution in [0.1, 0.15) is 53.4 Å². The van der Waals surface area contributed by atoms with Crippen LogP contribution in [-0.2, 0) is 24.0 Å². The third-order valence-electron chi connectivity index (χ3n) is 4.80. The van der Waals surface area contributed by atoms with Crippen LogP contribution in [0.3, 0.4) is 0 Å². The molecular formula is C20H37N5O7. The normalized spacial score (nSPS) is 14.9. The molecule has 12 heteroatoms. The minimum absolute atomic E-state index is 0.380. The maximum absolute atomic E-state index is 12.8. The van der Waals surface area contributed by atoms with E-state index in [1.165, 1.54) is 0 Å². The standard InChI is InChI=1S/C20H37N5O7/c1-10(2)15(24-17(28)12(22)7-5-6-8-21)19(30)23-13(9-14(26)27)18(29)25-16(11(3)4)20(31)32/h10-13,15-16H,5-9,21-22H2,1-4H3,(H,23,30)(H,24,28)(H,25,29)(H,26,27)(H,31,32). The van der Waals surface area contributed by atoms with Crippen molar-refractivity contribution in [2.75, 3.05) is 6.54 Å². The van der Waals surface area contributed by atoms with E-state index in [0.29, 0.717) is 25.8 Å². The van der Waals surface area contributed by atoms with Crippen molar-refractivity contribution in [1.82, 2.24) is 16.0 Å². The summed E-state index contributed by atoms with van der Waals surface area (Å²) < 4.78 is 0. The predicted molar refractivity (Wildman–Crippen MR) is 116 cm³/mol. The number of nitrogens with two attached hydrogens (primary N) is 2. The Labute approximate surface area is 187 Å². The molecule has 0 aliphatic rings. The van der Waals surface area contributed by atoms with Gasteiger partial charge in [-0.2, -0.15) is 0 Å². The molecule has 0 aromatic carbocycles. The zero-order valence-corrected chi connectivity index (χ0v) is 19.1. The van der Waals surface area contributed by atoms with Gasteiger partial charge in [-0.15, -0.1) is 0 Å². The average Bonchev–Trinajstić information content (AvgIpc) is 2.67. The Kier molecular flexibility index (Phi) is 13.1. The maximum Gasteiger partial charge on any atom is 0.326 e. The lowest BCUT2D eigenvalue weighted by Crippen LogP contribution is -2.59. The summed E-state index contributed by atoms with van der Waals surface area (Å²) in [5.74, 6) is -5.80. The molecule has 0 bridgehead atoms. The van der Waals surface area contributed by atoms with E-state index in [9.17, 15) is 29.1 Å². The van der Waals surface area contributed by atoms with Crippen LogP contribution in [0, 0.1) is 11.8 Å². The van der Waals surface area contributed by atoms with Crippen molar-refractivity contribution < 1.29 is 34.2 Å². The fraction of sp³-hybridized carbons (Fsp3) is 0.750. The minimum atomic E-state index is -1.53. The Morgan fingerprint density at radius 3 is 1.75 bits per heavy atom. The molecule has 9 N–H and O–H groups in total. The highest BCUT2D eigenvalue weighted by Gasteiger charge is 2.33. The van der Waals surface area contributed by atoms with E-state index < -0.39 is 72.1 Å². The van der Waals surface area contributed by atoms with Crippen LogP contribution in [0.2, 0.25) is 0 Å². The van der Waals surface area contributed by atoms with Gasteiger partial charge in [-0.05, 0) is 31.2 Å². The molecule has 0 fully saturated rings. The zero-order valence-electron chi connectivity index (χ0n) is 19.1. The molecule has 0 spiro atoms. The Morgan fingerprint density at radius 2 is 1.31 bits per heavy atom. The summed E-state index contributed by atoms with van der Waals surface area (Å²) in [4.78, 5) is 60.2. The Balaban J connectivity index is 5.35. The number of aliphatic carboxylic acids is 2. The van der Waals surface area contributed by atoms with Gasteiger partial charge in [-0.3, -0.25) is 19.2 Å². The van der Waals surface area contributed by atoms with Crippen molar-refractivity contribution in [3.8, 4) is 0 Å². The number of nitrogens with one attached hydrogen (secondary N) is 3. The quantitative estimate of drug-likeness (QED) is 0.146. The summed E-state index contributed by atoms with van der Waals surface area (Å²) in [6.45, 7) is 6.94. The number of rotatable bonds is 15. The van der Waals surface area contributed by atoms with Crippen molar-refractivity contribution in [2.24, 2.45) is 23.3 Å². The summed E-state index contributed by atoms with van der Waals surface area (Å²) in [6, 6.07) is -4.72. The molecule has 0 saturated carbocycles.